The smallest absolute Gasteiger partial charge is 0.269 e. The van der Waals surface area contributed by atoms with Crippen LogP contribution in [0.2, 0.25) is 0 Å². The van der Waals surface area contributed by atoms with Gasteiger partial charge in [-0.25, -0.2) is 13.2 Å². The molecular formula is C17H15F3N2O2S. The van der Waals surface area contributed by atoms with Crippen LogP contribution >= 0.6 is 11.8 Å². The fourth-order valence-corrected chi connectivity index (χ4v) is 2.88. The quantitative estimate of drug-likeness (QED) is 0.796. The van der Waals surface area contributed by atoms with E-state index in [0.29, 0.717) is 0 Å². The third-order valence-electron chi connectivity index (χ3n) is 3.29. The molecule has 0 radical (unpaired) electrons. The molecule has 0 fully saturated rings. The van der Waals surface area contributed by atoms with Crippen LogP contribution in [0.15, 0.2) is 42.5 Å². The first-order chi connectivity index (χ1) is 11.9. The maximum absolute atomic E-state index is 13.7. The molecule has 0 saturated heterocycles. The number of hydrogen-bond acceptors (Lipinski definition) is 3. The van der Waals surface area contributed by atoms with Gasteiger partial charge < -0.3 is 0 Å². The number of hydrogen-bond donors (Lipinski definition) is 2. The highest BCUT2D eigenvalue weighted by Gasteiger charge is 2.17. The molecule has 2 amide bonds. The summed E-state index contributed by atoms with van der Waals surface area (Å²) in [6.07, 6.45) is 0. The molecule has 2 rings (SSSR count). The van der Waals surface area contributed by atoms with Crippen LogP contribution in [0.5, 0.6) is 0 Å². The highest BCUT2D eigenvalue weighted by molar-refractivity contribution is 8.00. The van der Waals surface area contributed by atoms with Gasteiger partial charge in [-0.1, -0.05) is 6.07 Å². The number of halogens is 3. The standard InChI is InChI=1S/C17H15F3N2O2S/c1-10(16-13(19)3-2-4-14(16)20)25-9-15(23)21-22-17(24)11-5-7-12(18)8-6-11/h2-8,10H,9H2,1H3,(H,21,23)(H,22,24). The second-order valence-electron chi connectivity index (χ2n) is 5.10. The van der Waals surface area contributed by atoms with Gasteiger partial charge in [0.2, 0.25) is 5.91 Å². The topological polar surface area (TPSA) is 58.2 Å². The Morgan fingerprint density at radius 3 is 2.20 bits per heavy atom. The van der Waals surface area contributed by atoms with E-state index in [0.717, 1.165) is 36.0 Å². The average Bonchev–Trinajstić information content (AvgIpc) is 2.58. The third kappa shape index (κ3) is 5.25. The van der Waals surface area contributed by atoms with Gasteiger partial charge in [-0.15, -0.1) is 11.8 Å². The SMILES string of the molecule is CC(SCC(=O)NNC(=O)c1ccc(F)cc1)c1c(F)cccc1F. The number of rotatable bonds is 5. The number of hydrazine groups is 1. The van der Waals surface area contributed by atoms with Crippen molar-refractivity contribution < 1.29 is 22.8 Å². The second kappa shape index (κ2) is 8.57. The van der Waals surface area contributed by atoms with E-state index in [1.807, 2.05) is 0 Å². The van der Waals surface area contributed by atoms with Gasteiger partial charge >= 0.3 is 0 Å². The van der Waals surface area contributed by atoms with E-state index in [9.17, 15) is 22.8 Å². The average molecular weight is 368 g/mol. The summed E-state index contributed by atoms with van der Waals surface area (Å²) in [6.45, 7) is 1.58. The van der Waals surface area contributed by atoms with Crippen LogP contribution < -0.4 is 10.9 Å². The summed E-state index contributed by atoms with van der Waals surface area (Å²) in [5, 5.41) is -0.584. The summed E-state index contributed by atoms with van der Waals surface area (Å²) < 4.78 is 40.1. The van der Waals surface area contributed by atoms with E-state index in [1.54, 1.807) is 6.92 Å². The normalized spacial score (nSPS) is 11.7. The number of amides is 2. The summed E-state index contributed by atoms with van der Waals surface area (Å²) in [4.78, 5) is 23.5. The van der Waals surface area contributed by atoms with Gasteiger partial charge in [-0.3, -0.25) is 20.4 Å². The first-order valence-corrected chi connectivity index (χ1v) is 8.33. The van der Waals surface area contributed by atoms with E-state index < -0.39 is 34.5 Å². The zero-order valence-electron chi connectivity index (χ0n) is 13.2. The minimum absolute atomic E-state index is 0.101. The van der Waals surface area contributed by atoms with Gasteiger partial charge in [0.05, 0.1) is 5.75 Å². The molecule has 0 aromatic heterocycles. The molecule has 0 spiro atoms. The minimum atomic E-state index is -0.676. The van der Waals surface area contributed by atoms with Crippen molar-refractivity contribution in [1.29, 1.82) is 0 Å². The van der Waals surface area contributed by atoms with E-state index in [4.69, 9.17) is 0 Å². The van der Waals surface area contributed by atoms with Crippen molar-refractivity contribution in [2.45, 2.75) is 12.2 Å². The molecule has 0 aliphatic carbocycles. The molecule has 2 aromatic carbocycles. The molecule has 8 heteroatoms. The van der Waals surface area contributed by atoms with Crippen LogP contribution in [-0.4, -0.2) is 17.6 Å². The number of thioether (sulfide) groups is 1. The zero-order valence-corrected chi connectivity index (χ0v) is 14.0. The van der Waals surface area contributed by atoms with Gasteiger partial charge in [0.15, 0.2) is 0 Å². The van der Waals surface area contributed by atoms with Crippen LogP contribution in [0.4, 0.5) is 13.2 Å². The lowest BCUT2D eigenvalue weighted by Crippen LogP contribution is -2.42. The van der Waals surface area contributed by atoms with Crippen molar-refractivity contribution in [3.05, 3.63) is 71.0 Å². The summed E-state index contributed by atoms with van der Waals surface area (Å²) >= 11 is 1.02. The number of carbonyl (C=O) groups is 2. The summed E-state index contributed by atoms with van der Waals surface area (Å²) in [5.74, 6) is -3.09. The Kier molecular flexibility index (Phi) is 6.46. The van der Waals surface area contributed by atoms with Crippen molar-refractivity contribution in [3.8, 4) is 0 Å². The third-order valence-corrected chi connectivity index (χ3v) is 4.46. The first kappa shape index (κ1) is 18.9. The lowest BCUT2D eigenvalue weighted by atomic mass is 10.1. The molecule has 2 N–H and O–H groups in total. The van der Waals surface area contributed by atoms with E-state index >= 15 is 0 Å². The Morgan fingerprint density at radius 1 is 1.00 bits per heavy atom. The van der Waals surface area contributed by atoms with Gasteiger partial charge in [0, 0.05) is 16.4 Å². The highest BCUT2D eigenvalue weighted by Crippen LogP contribution is 2.31. The molecule has 132 valence electrons. The van der Waals surface area contributed by atoms with Crippen molar-refractivity contribution >= 4 is 23.6 Å². The molecule has 0 aliphatic rings. The minimum Gasteiger partial charge on any atom is -0.272 e. The van der Waals surface area contributed by atoms with Crippen LogP contribution in [0.25, 0.3) is 0 Å². The fourth-order valence-electron chi connectivity index (χ4n) is 2.02. The van der Waals surface area contributed by atoms with Crippen molar-refractivity contribution in [2.24, 2.45) is 0 Å². The largest absolute Gasteiger partial charge is 0.272 e. The fraction of sp³-hybridized carbons (Fsp3) is 0.176. The molecule has 25 heavy (non-hydrogen) atoms. The Labute approximate surface area is 146 Å². The molecule has 0 aliphatic heterocycles. The van der Waals surface area contributed by atoms with Crippen molar-refractivity contribution in [2.75, 3.05) is 5.75 Å². The maximum Gasteiger partial charge on any atom is 0.269 e. The molecular weight excluding hydrogens is 353 g/mol. The van der Waals surface area contributed by atoms with Crippen LogP contribution in [0.1, 0.15) is 28.1 Å². The summed E-state index contributed by atoms with van der Waals surface area (Å²) in [5.41, 5.74) is 4.45. The molecule has 2 aromatic rings. The van der Waals surface area contributed by atoms with Crippen molar-refractivity contribution in [3.63, 3.8) is 0 Å². The van der Waals surface area contributed by atoms with Gasteiger partial charge in [-0.05, 0) is 43.3 Å². The number of benzene rings is 2. The van der Waals surface area contributed by atoms with Crippen LogP contribution in [-0.2, 0) is 4.79 Å². The summed E-state index contributed by atoms with van der Waals surface area (Å²) in [7, 11) is 0. The number of carbonyl (C=O) groups excluding carboxylic acids is 2. The Balaban J connectivity index is 1.82. The van der Waals surface area contributed by atoms with Gasteiger partial charge in [0.1, 0.15) is 17.5 Å². The molecule has 0 heterocycles. The molecule has 0 bridgehead atoms. The Hall–Kier alpha value is -2.48. The predicted molar refractivity (Wildman–Crippen MR) is 89.2 cm³/mol. The second-order valence-corrected chi connectivity index (χ2v) is 6.43. The van der Waals surface area contributed by atoms with E-state index in [2.05, 4.69) is 10.9 Å². The first-order valence-electron chi connectivity index (χ1n) is 7.28. The lowest BCUT2D eigenvalue weighted by Gasteiger charge is -2.13. The van der Waals surface area contributed by atoms with Crippen LogP contribution in [0.3, 0.4) is 0 Å². The van der Waals surface area contributed by atoms with Crippen molar-refractivity contribution in [1.82, 2.24) is 10.9 Å². The van der Waals surface area contributed by atoms with E-state index in [1.165, 1.54) is 18.2 Å². The maximum atomic E-state index is 13.7. The summed E-state index contributed by atoms with van der Waals surface area (Å²) in [6, 6.07) is 8.36. The van der Waals surface area contributed by atoms with Gasteiger partial charge in [0.25, 0.3) is 5.91 Å². The monoisotopic (exact) mass is 368 g/mol. The molecule has 4 nitrogen and oxygen atoms in total. The molecule has 1 atom stereocenters. The predicted octanol–water partition coefficient (Wildman–Crippen LogP) is 3.36. The van der Waals surface area contributed by atoms with Crippen LogP contribution in [0, 0.1) is 17.5 Å². The Bertz CT molecular complexity index is 749. The van der Waals surface area contributed by atoms with Gasteiger partial charge in [-0.2, -0.15) is 0 Å². The molecule has 0 saturated carbocycles. The zero-order chi connectivity index (χ0) is 18.4. The van der Waals surface area contributed by atoms with E-state index in [-0.39, 0.29) is 16.9 Å². The lowest BCUT2D eigenvalue weighted by molar-refractivity contribution is -0.119. The Morgan fingerprint density at radius 2 is 1.60 bits per heavy atom. The molecule has 1 unspecified atom stereocenters. The number of nitrogens with one attached hydrogen (secondary N) is 2. The highest BCUT2D eigenvalue weighted by atomic mass is 32.2.